The molecule has 0 unspecified atom stereocenters. The summed E-state index contributed by atoms with van der Waals surface area (Å²) >= 11 is 1.75. The van der Waals surface area contributed by atoms with E-state index in [-0.39, 0.29) is 5.91 Å². The topological polar surface area (TPSA) is 42.4 Å². The van der Waals surface area contributed by atoms with Gasteiger partial charge in [0.1, 0.15) is 5.75 Å². The highest BCUT2D eigenvalue weighted by Crippen LogP contribution is 2.33. The number of carbonyl (C=O) groups excluding carboxylic acids is 1. The minimum atomic E-state index is 0.0692. The molecular weight excluding hydrogens is 368 g/mol. The van der Waals surface area contributed by atoms with E-state index in [2.05, 4.69) is 12.1 Å². The van der Waals surface area contributed by atoms with Crippen LogP contribution in [0, 0.1) is 0 Å². The molecule has 1 aromatic heterocycles. The van der Waals surface area contributed by atoms with Gasteiger partial charge in [0, 0.05) is 25.1 Å². The lowest BCUT2D eigenvalue weighted by Gasteiger charge is -2.31. The van der Waals surface area contributed by atoms with Crippen LogP contribution in [-0.2, 0) is 4.79 Å². The van der Waals surface area contributed by atoms with E-state index < -0.39 is 0 Å². The smallest absolute Gasteiger partial charge is 0.246 e. The molecule has 28 heavy (non-hydrogen) atoms. The number of hydrogen-bond acceptors (Lipinski definition) is 4. The molecule has 0 bridgehead atoms. The molecule has 0 N–H and O–H groups in total. The quantitative estimate of drug-likeness (QED) is 0.566. The van der Waals surface area contributed by atoms with Crippen LogP contribution in [0.15, 0.2) is 54.6 Å². The molecule has 0 radical (unpaired) electrons. The Morgan fingerprint density at radius 2 is 2.07 bits per heavy atom. The number of aromatic nitrogens is 1. The van der Waals surface area contributed by atoms with Crippen LogP contribution < -0.4 is 4.74 Å². The SMILES string of the molecule is CCOc1ccc(/C=C/C(=O)N2CCC[C@H](c3nc4ccccc4s3)C2)cc1. The summed E-state index contributed by atoms with van der Waals surface area (Å²) < 4.78 is 6.67. The number of ether oxygens (including phenoxy) is 1. The lowest BCUT2D eigenvalue weighted by atomic mass is 9.98. The molecule has 4 nitrogen and oxygen atoms in total. The first kappa shape index (κ1) is 18.7. The fourth-order valence-corrected chi connectivity index (χ4v) is 4.65. The van der Waals surface area contributed by atoms with Crippen LogP contribution in [0.2, 0.25) is 0 Å². The Kier molecular flexibility index (Phi) is 5.72. The van der Waals surface area contributed by atoms with Gasteiger partial charge < -0.3 is 9.64 Å². The third-order valence-electron chi connectivity index (χ3n) is 5.00. The van der Waals surface area contributed by atoms with Crippen molar-refractivity contribution in [1.82, 2.24) is 9.88 Å². The van der Waals surface area contributed by atoms with Gasteiger partial charge in [0.15, 0.2) is 0 Å². The zero-order chi connectivity index (χ0) is 19.3. The summed E-state index contributed by atoms with van der Waals surface area (Å²) in [6, 6.07) is 16.0. The van der Waals surface area contributed by atoms with E-state index in [0.29, 0.717) is 12.5 Å². The third kappa shape index (κ3) is 4.25. The number of para-hydroxylation sites is 1. The Hall–Kier alpha value is -2.66. The Morgan fingerprint density at radius 1 is 1.25 bits per heavy atom. The summed E-state index contributed by atoms with van der Waals surface area (Å²) in [7, 11) is 0. The molecule has 0 spiro atoms. The second kappa shape index (κ2) is 8.57. The fraction of sp³-hybridized carbons (Fsp3) is 0.304. The number of rotatable bonds is 5. The average molecular weight is 393 g/mol. The van der Waals surface area contributed by atoms with E-state index in [1.165, 1.54) is 4.70 Å². The van der Waals surface area contributed by atoms with Gasteiger partial charge in [0.05, 0.1) is 21.8 Å². The van der Waals surface area contributed by atoms with Crippen molar-refractivity contribution in [2.45, 2.75) is 25.7 Å². The highest BCUT2D eigenvalue weighted by molar-refractivity contribution is 7.18. The van der Waals surface area contributed by atoms with E-state index in [9.17, 15) is 4.79 Å². The molecule has 0 saturated carbocycles. The molecule has 1 saturated heterocycles. The van der Waals surface area contributed by atoms with Gasteiger partial charge in [-0.25, -0.2) is 4.98 Å². The van der Waals surface area contributed by atoms with E-state index >= 15 is 0 Å². The Bertz CT molecular complexity index is 945. The van der Waals surface area contributed by atoms with Crippen molar-refractivity contribution in [2.24, 2.45) is 0 Å². The van der Waals surface area contributed by atoms with E-state index in [0.717, 1.165) is 47.8 Å². The van der Waals surface area contributed by atoms with Gasteiger partial charge in [-0.15, -0.1) is 11.3 Å². The molecule has 144 valence electrons. The summed E-state index contributed by atoms with van der Waals surface area (Å²) in [5, 5.41) is 1.15. The van der Waals surface area contributed by atoms with Crippen LogP contribution in [0.25, 0.3) is 16.3 Å². The second-order valence-electron chi connectivity index (χ2n) is 6.98. The maximum atomic E-state index is 12.7. The number of hydrogen-bond donors (Lipinski definition) is 0. The molecule has 2 heterocycles. The van der Waals surface area contributed by atoms with Crippen molar-refractivity contribution in [3.8, 4) is 5.75 Å². The van der Waals surface area contributed by atoms with Gasteiger partial charge in [0.25, 0.3) is 0 Å². The zero-order valence-electron chi connectivity index (χ0n) is 16.0. The number of benzene rings is 2. The van der Waals surface area contributed by atoms with Gasteiger partial charge in [-0.1, -0.05) is 24.3 Å². The number of amides is 1. The molecule has 1 amide bonds. The Balaban J connectivity index is 1.41. The number of carbonyl (C=O) groups is 1. The molecular formula is C23H24N2O2S. The molecule has 1 aliphatic rings. The molecule has 0 aliphatic carbocycles. The van der Waals surface area contributed by atoms with Crippen LogP contribution in [0.1, 0.15) is 36.3 Å². The lowest BCUT2D eigenvalue weighted by molar-refractivity contribution is -0.127. The summed E-state index contributed by atoms with van der Waals surface area (Å²) in [6.45, 7) is 4.17. The van der Waals surface area contributed by atoms with Gasteiger partial charge >= 0.3 is 0 Å². The summed E-state index contributed by atoms with van der Waals surface area (Å²) in [6.07, 6.45) is 5.66. The van der Waals surface area contributed by atoms with Crippen LogP contribution in [0.3, 0.4) is 0 Å². The fourth-order valence-electron chi connectivity index (χ4n) is 3.56. The predicted molar refractivity (Wildman–Crippen MR) is 115 cm³/mol. The van der Waals surface area contributed by atoms with Crippen molar-refractivity contribution in [2.75, 3.05) is 19.7 Å². The van der Waals surface area contributed by atoms with E-state index in [1.807, 2.05) is 54.3 Å². The summed E-state index contributed by atoms with van der Waals surface area (Å²) in [4.78, 5) is 19.4. The standard InChI is InChI=1S/C23H24N2O2S/c1-2-27-19-12-9-17(10-13-19)11-14-22(26)25-15-5-6-18(16-25)23-24-20-7-3-4-8-21(20)28-23/h3-4,7-14,18H,2,5-6,15-16H2,1H3/b14-11+/t18-/m0/s1. The zero-order valence-corrected chi connectivity index (χ0v) is 16.8. The molecule has 1 fully saturated rings. The van der Waals surface area contributed by atoms with Crippen LogP contribution >= 0.6 is 11.3 Å². The Labute approximate surface area is 169 Å². The molecule has 1 aliphatic heterocycles. The van der Waals surface area contributed by atoms with E-state index in [4.69, 9.17) is 9.72 Å². The Morgan fingerprint density at radius 3 is 2.86 bits per heavy atom. The number of fused-ring (bicyclic) bond motifs is 1. The number of likely N-dealkylation sites (tertiary alicyclic amines) is 1. The van der Waals surface area contributed by atoms with Crippen LogP contribution in [-0.4, -0.2) is 35.5 Å². The first-order valence-electron chi connectivity index (χ1n) is 9.78. The number of thiazole rings is 1. The van der Waals surface area contributed by atoms with E-state index in [1.54, 1.807) is 17.4 Å². The van der Waals surface area contributed by atoms with Crippen molar-refractivity contribution >= 4 is 33.5 Å². The monoisotopic (exact) mass is 392 g/mol. The highest BCUT2D eigenvalue weighted by atomic mass is 32.1. The highest BCUT2D eigenvalue weighted by Gasteiger charge is 2.25. The summed E-state index contributed by atoms with van der Waals surface area (Å²) in [5.41, 5.74) is 2.05. The maximum Gasteiger partial charge on any atom is 0.246 e. The minimum Gasteiger partial charge on any atom is -0.494 e. The van der Waals surface area contributed by atoms with Crippen molar-refractivity contribution in [1.29, 1.82) is 0 Å². The largest absolute Gasteiger partial charge is 0.494 e. The average Bonchev–Trinajstić information content (AvgIpc) is 3.18. The number of piperidine rings is 1. The second-order valence-corrected chi connectivity index (χ2v) is 8.04. The normalized spacial score (nSPS) is 17.3. The van der Waals surface area contributed by atoms with Crippen molar-refractivity contribution < 1.29 is 9.53 Å². The molecule has 4 rings (SSSR count). The minimum absolute atomic E-state index is 0.0692. The van der Waals surface area contributed by atoms with Gasteiger partial charge in [-0.2, -0.15) is 0 Å². The van der Waals surface area contributed by atoms with Crippen LogP contribution in [0.5, 0.6) is 5.75 Å². The maximum absolute atomic E-state index is 12.7. The lowest BCUT2D eigenvalue weighted by Crippen LogP contribution is -2.38. The molecule has 2 aromatic carbocycles. The van der Waals surface area contributed by atoms with Gasteiger partial charge in [-0.3, -0.25) is 4.79 Å². The molecule has 5 heteroatoms. The predicted octanol–water partition coefficient (Wildman–Crippen LogP) is 5.11. The first-order chi connectivity index (χ1) is 13.7. The first-order valence-corrected chi connectivity index (χ1v) is 10.6. The number of nitrogens with zero attached hydrogens (tertiary/aromatic N) is 2. The van der Waals surface area contributed by atoms with Gasteiger partial charge in [-0.05, 0) is 55.7 Å². The van der Waals surface area contributed by atoms with Crippen LogP contribution in [0.4, 0.5) is 0 Å². The molecule has 3 aromatic rings. The van der Waals surface area contributed by atoms with Crippen molar-refractivity contribution in [3.05, 3.63) is 65.2 Å². The third-order valence-corrected chi connectivity index (χ3v) is 6.20. The molecule has 1 atom stereocenters. The summed E-state index contributed by atoms with van der Waals surface area (Å²) in [5.74, 6) is 1.24. The van der Waals surface area contributed by atoms with Gasteiger partial charge in [0.2, 0.25) is 5.91 Å². The van der Waals surface area contributed by atoms with Crippen molar-refractivity contribution in [3.63, 3.8) is 0 Å².